The third-order valence-electron chi connectivity index (χ3n) is 3.46. The molecule has 16 heavy (non-hydrogen) atoms. The predicted molar refractivity (Wildman–Crippen MR) is 61.2 cm³/mol. The van der Waals surface area contributed by atoms with Crippen LogP contribution in [0.25, 0.3) is 0 Å². The van der Waals surface area contributed by atoms with Crippen molar-refractivity contribution >= 4 is 11.8 Å². The van der Waals surface area contributed by atoms with Crippen LogP contribution in [0.2, 0.25) is 0 Å². The Kier molecular flexibility index (Phi) is 4.29. The van der Waals surface area contributed by atoms with Gasteiger partial charge in [-0.3, -0.25) is 9.59 Å². The Bertz CT molecular complexity index is 280. The van der Waals surface area contributed by atoms with Crippen molar-refractivity contribution in [1.82, 2.24) is 5.32 Å². The van der Waals surface area contributed by atoms with Crippen molar-refractivity contribution in [3.63, 3.8) is 0 Å². The molecule has 2 amide bonds. The molecule has 4 atom stereocenters. The van der Waals surface area contributed by atoms with Crippen molar-refractivity contribution in [2.24, 2.45) is 29.2 Å². The van der Waals surface area contributed by atoms with Gasteiger partial charge in [0.15, 0.2) is 0 Å². The van der Waals surface area contributed by atoms with Gasteiger partial charge in [-0.25, -0.2) is 0 Å². The molecule has 0 aromatic rings. The summed E-state index contributed by atoms with van der Waals surface area (Å²) in [6.45, 7) is 4.07. The van der Waals surface area contributed by atoms with Crippen LogP contribution in [0, 0.1) is 17.8 Å². The van der Waals surface area contributed by atoms with Crippen molar-refractivity contribution in [3.8, 4) is 0 Å². The minimum absolute atomic E-state index is 0.0699. The highest BCUT2D eigenvalue weighted by Gasteiger charge is 2.34. The van der Waals surface area contributed by atoms with Crippen LogP contribution in [0.3, 0.4) is 0 Å². The van der Waals surface area contributed by atoms with Crippen LogP contribution in [-0.2, 0) is 9.59 Å². The maximum Gasteiger partial charge on any atom is 0.236 e. The van der Waals surface area contributed by atoms with Crippen molar-refractivity contribution < 1.29 is 9.59 Å². The number of carbonyl (C=O) groups is 2. The Morgan fingerprint density at radius 1 is 1.25 bits per heavy atom. The molecular weight excluding hydrogens is 206 g/mol. The molecule has 1 rings (SSSR count). The second kappa shape index (κ2) is 5.30. The van der Waals surface area contributed by atoms with Crippen LogP contribution < -0.4 is 16.8 Å². The van der Waals surface area contributed by atoms with Crippen LogP contribution in [-0.4, -0.2) is 24.4 Å². The number of amides is 2. The fourth-order valence-corrected chi connectivity index (χ4v) is 2.35. The zero-order valence-electron chi connectivity index (χ0n) is 9.90. The van der Waals surface area contributed by atoms with Gasteiger partial charge >= 0.3 is 0 Å². The van der Waals surface area contributed by atoms with Gasteiger partial charge in [0.05, 0.1) is 6.54 Å². The summed E-state index contributed by atoms with van der Waals surface area (Å²) in [4.78, 5) is 22.4. The van der Waals surface area contributed by atoms with Gasteiger partial charge in [0, 0.05) is 12.0 Å². The minimum Gasteiger partial charge on any atom is -0.368 e. The Morgan fingerprint density at radius 2 is 1.88 bits per heavy atom. The minimum atomic E-state index is -0.519. The molecular formula is C11H21N3O2. The van der Waals surface area contributed by atoms with Gasteiger partial charge in [0.25, 0.3) is 0 Å². The molecule has 5 heteroatoms. The third-order valence-corrected chi connectivity index (χ3v) is 3.46. The average Bonchev–Trinajstić information content (AvgIpc) is 2.20. The van der Waals surface area contributed by atoms with Crippen LogP contribution in [0.15, 0.2) is 0 Å². The second-order valence-corrected chi connectivity index (χ2v) is 4.88. The summed E-state index contributed by atoms with van der Waals surface area (Å²) in [5.41, 5.74) is 10.9. The molecule has 0 spiro atoms. The molecule has 5 nitrogen and oxygen atoms in total. The van der Waals surface area contributed by atoms with Crippen LogP contribution in [0.1, 0.15) is 26.7 Å². The molecule has 0 aromatic carbocycles. The normalized spacial score (nSPS) is 34.4. The molecule has 1 saturated carbocycles. The largest absolute Gasteiger partial charge is 0.368 e. The second-order valence-electron chi connectivity index (χ2n) is 4.88. The van der Waals surface area contributed by atoms with Crippen LogP contribution in [0.5, 0.6) is 0 Å². The highest BCUT2D eigenvalue weighted by atomic mass is 16.2. The molecule has 0 bridgehead atoms. The molecule has 1 aliphatic rings. The smallest absolute Gasteiger partial charge is 0.236 e. The summed E-state index contributed by atoms with van der Waals surface area (Å²) in [6.07, 6.45) is 1.64. The van der Waals surface area contributed by atoms with Crippen molar-refractivity contribution in [3.05, 3.63) is 0 Å². The first kappa shape index (κ1) is 13.0. The predicted octanol–water partition coefficient (Wildman–Crippen LogP) is -0.403. The lowest BCUT2D eigenvalue weighted by Gasteiger charge is -2.36. The first-order valence-corrected chi connectivity index (χ1v) is 5.73. The van der Waals surface area contributed by atoms with Crippen LogP contribution >= 0.6 is 0 Å². The van der Waals surface area contributed by atoms with Crippen LogP contribution in [0.4, 0.5) is 0 Å². The lowest BCUT2D eigenvalue weighted by atomic mass is 9.72. The number of rotatable bonds is 3. The van der Waals surface area contributed by atoms with Crippen molar-refractivity contribution in [1.29, 1.82) is 0 Å². The maximum atomic E-state index is 11.8. The van der Waals surface area contributed by atoms with Gasteiger partial charge in [-0.05, 0) is 24.7 Å². The number of nitrogens with one attached hydrogen (secondary N) is 1. The van der Waals surface area contributed by atoms with E-state index in [4.69, 9.17) is 11.5 Å². The number of carbonyl (C=O) groups excluding carboxylic acids is 2. The zero-order chi connectivity index (χ0) is 12.3. The fraction of sp³-hybridized carbons (Fsp3) is 0.818. The lowest BCUT2D eigenvalue weighted by molar-refractivity contribution is -0.130. The summed E-state index contributed by atoms with van der Waals surface area (Å²) in [6, 6.07) is 0.0699. The highest BCUT2D eigenvalue weighted by molar-refractivity contribution is 5.85. The fourth-order valence-electron chi connectivity index (χ4n) is 2.35. The topological polar surface area (TPSA) is 98.2 Å². The SMILES string of the molecule is CC1CC(C)C(C(=O)NCC(N)=O)CC1N. The van der Waals surface area contributed by atoms with Crippen molar-refractivity contribution in [2.45, 2.75) is 32.7 Å². The van der Waals surface area contributed by atoms with E-state index in [9.17, 15) is 9.59 Å². The summed E-state index contributed by atoms with van der Waals surface area (Å²) < 4.78 is 0. The van der Waals surface area contributed by atoms with E-state index in [0.29, 0.717) is 18.3 Å². The first-order chi connectivity index (χ1) is 7.41. The van der Waals surface area contributed by atoms with E-state index in [0.717, 1.165) is 6.42 Å². The van der Waals surface area contributed by atoms with Gasteiger partial charge in [0.2, 0.25) is 11.8 Å². The van der Waals surface area contributed by atoms with Crippen molar-refractivity contribution in [2.75, 3.05) is 6.54 Å². The third kappa shape index (κ3) is 3.20. The molecule has 0 saturated heterocycles. The quantitative estimate of drug-likeness (QED) is 0.611. The van der Waals surface area contributed by atoms with E-state index in [-0.39, 0.29) is 24.4 Å². The molecule has 1 fully saturated rings. The summed E-state index contributed by atoms with van der Waals surface area (Å²) in [7, 11) is 0. The number of hydrogen-bond donors (Lipinski definition) is 3. The summed E-state index contributed by atoms with van der Waals surface area (Å²) in [5.74, 6) is 0.0477. The van der Waals surface area contributed by atoms with E-state index < -0.39 is 5.91 Å². The zero-order valence-corrected chi connectivity index (χ0v) is 9.90. The monoisotopic (exact) mass is 227 g/mol. The Labute approximate surface area is 95.9 Å². The van der Waals surface area contributed by atoms with E-state index in [1.54, 1.807) is 0 Å². The van der Waals surface area contributed by atoms with Gasteiger partial charge in [0.1, 0.15) is 0 Å². The molecule has 0 aromatic heterocycles. The highest BCUT2D eigenvalue weighted by Crippen LogP contribution is 2.32. The Balaban J connectivity index is 2.51. The molecule has 5 N–H and O–H groups in total. The molecule has 0 heterocycles. The number of hydrogen-bond acceptors (Lipinski definition) is 3. The van der Waals surface area contributed by atoms with E-state index in [1.807, 2.05) is 0 Å². The lowest BCUT2D eigenvalue weighted by Crippen LogP contribution is -2.46. The Hall–Kier alpha value is -1.10. The Morgan fingerprint density at radius 3 is 2.44 bits per heavy atom. The molecule has 0 radical (unpaired) electrons. The molecule has 92 valence electrons. The maximum absolute atomic E-state index is 11.8. The summed E-state index contributed by atoms with van der Waals surface area (Å²) in [5, 5.41) is 2.55. The van der Waals surface area contributed by atoms with Gasteiger partial charge < -0.3 is 16.8 Å². The summed E-state index contributed by atoms with van der Waals surface area (Å²) >= 11 is 0. The molecule has 4 unspecified atom stereocenters. The first-order valence-electron chi connectivity index (χ1n) is 5.73. The molecule has 0 aliphatic heterocycles. The molecule has 1 aliphatic carbocycles. The van der Waals surface area contributed by atoms with E-state index in [2.05, 4.69) is 19.2 Å². The average molecular weight is 227 g/mol. The number of nitrogens with two attached hydrogens (primary N) is 2. The number of primary amides is 1. The van der Waals surface area contributed by atoms with E-state index >= 15 is 0 Å². The standard InChI is InChI=1S/C11H21N3O2/c1-6-3-7(2)9(12)4-8(6)11(16)14-5-10(13)15/h6-9H,3-5,12H2,1-2H3,(H2,13,15)(H,14,16). The van der Waals surface area contributed by atoms with Gasteiger partial charge in [-0.1, -0.05) is 13.8 Å². The van der Waals surface area contributed by atoms with Gasteiger partial charge in [-0.2, -0.15) is 0 Å². The van der Waals surface area contributed by atoms with Gasteiger partial charge in [-0.15, -0.1) is 0 Å². The van der Waals surface area contributed by atoms with E-state index in [1.165, 1.54) is 0 Å².